The molecule has 7 nitrogen and oxygen atoms in total. The lowest BCUT2D eigenvalue weighted by atomic mass is 9.72. The average Bonchev–Trinajstić information content (AvgIpc) is 3.62. The number of halogens is 3. The van der Waals surface area contributed by atoms with E-state index in [1.54, 1.807) is 11.0 Å². The van der Waals surface area contributed by atoms with Crippen molar-refractivity contribution >= 4 is 11.9 Å². The van der Waals surface area contributed by atoms with Crippen LogP contribution in [0.15, 0.2) is 24.3 Å². The molecule has 1 saturated carbocycles. The summed E-state index contributed by atoms with van der Waals surface area (Å²) in [4.78, 5) is 29.3. The minimum Gasteiger partial charge on any atom is -0.341 e. The predicted molar refractivity (Wildman–Crippen MR) is 118 cm³/mol. The molecule has 3 fully saturated rings. The molecule has 1 aromatic carbocycles. The zero-order valence-corrected chi connectivity index (χ0v) is 19.0. The Morgan fingerprint density at radius 1 is 1.21 bits per heavy atom. The van der Waals surface area contributed by atoms with Gasteiger partial charge in [-0.25, -0.2) is 18.0 Å². The molecule has 1 spiro atoms. The van der Waals surface area contributed by atoms with Gasteiger partial charge in [0.05, 0.1) is 6.07 Å². The Bertz CT molecular complexity index is 946. The lowest BCUT2D eigenvalue weighted by Crippen LogP contribution is -2.65. The molecule has 1 atom stereocenters. The zero-order chi connectivity index (χ0) is 24.3. The minimum absolute atomic E-state index is 0.0655. The van der Waals surface area contributed by atoms with Crippen LogP contribution in [0.1, 0.15) is 37.7 Å². The predicted octanol–water partition coefficient (Wildman–Crippen LogP) is 2.67. The number of carbonyl (C=O) groups excluding carboxylic acids is 2. The number of hydrogen-bond acceptors (Lipinski definition) is 4. The Morgan fingerprint density at radius 2 is 1.88 bits per heavy atom. The summed E-state index contributed by atoms with van der Waals surface area (Å²) in [6, 6.07) is 5.55. The monoisotopic (exact) mass is 477 g/mol. The molecule has 184 valence electrons. The van der Waals surface area contributed by atoms with Gasteiger partial charge in [0.15, 0.2) is 0 Å². The summed E-state index contributed by atoms with van der Waals surface area (Å²) in [5.74, 6) is -5.07. The molecule has 1 unspecified atom stereocenters. The van der Waals surface area contributed by atoms with E-state index in [-0.39, 0.29) is 17.5 Å². The quantitative estimate of drug-likeness (QED) is 0.564. The van der Waals surface area contributed by atoms with Gasteiger partial charge in [-0.3, -0.25) is 4.79 Å². The van der Waals surface area contributed by atoms with Crippen LogP contribution >= 0.6 is 0 Å². The molecule has 2 aliphatic heterocycles. The van der Waals surface area contributed by atoms with Crippen LogP contribution in [0.4, 0.5) is 18.0 Å². The lowest BCUT2D eigenvalue weighted by Gasteiger charge is -2.54. The first-order valence-corrected chi connectivity index (χ1v) is 11.8. The van der Waals surface area contributed by atoms with Gasteiger partial charge in [0.25, 0.3) is 5.92 Å². The van der Waals surface area contributed by atoms with Crippen LogP contribution in [0.25, 0.3) is 0 Å². The van der Waals surface area contributed by atoms with Crippen LogP contribution < -0.4 is 10.6 Å². The summed E-state index contributed by atoms with van der Waals surface area (Å²) in [5, 5.41) is 13.4. The molecule has 10 heteroatoms. The van der Waals surface area contributed by atoms with Gasteiger partial charge in [-0.2, -0.15) is 5.26 Å². The summed E-state index contributed by atoms with van der Waals surface area (Å²) < 4.78 is 43.4. The van der Waals surface area contributed by atoms with Crippen molar-refractivity contribution in [3.8, 4) is 6.07 Å². The van der Waals surface area contributed by atoms with Crippen LogP contribution in [0.2, 0.25) is 0 Å². The summed E-state index contributed by atoms with van der Waals surface area (Å²) in [6.07, 6.45) is 2.62. The number of nitrogens with one attached hydrogen (secondary N) is 2. The van der Waals surface area contributed by atoms with Crippen molar-refractivity contribution < 1.29 is 22.8 Å². The minimum atomic E-state index is -3.45. The number of urea groups is 1. The molecular weight excluding hydrogens is 447 g/mol. The number of piperidine rings is 1. The van der Waals surface area contributed by atoms with Crippen molar-refractivity contribution in [1.29, 1.82) is 5.26 Å². The molecule has 2 saturated heterocycles. The third-order valence-electron chi connectivity index (χ3n) is 7.13. The van der Waals surface area contributed by atoms with Gasteiger partial charge in [0.1, 0.15) is 18.4 Å². The second kappa shape index (κ2) is 9.82. The van der Waals surface area contributed by atoms with Gasteiger partial charge >= 0.3 is 6.03 Å². The van der Waals surface area contributed by atoms with Gasteiger partial charge < -0.3 is 20.4 Å². The van der Waals surface area contributed by atoms with Crippen LogP contribution in [-0.2, 0) is 11.2 Å². The van der Waals surface area contributed by atoms with Crippen molar-refractivity contribution in [2.45, 2.75) is 56.5 Å². The molecule has 2 N–H and O–H groups in total. The molecular formula is C24H30F3N5O2. The third-order valence-corrected chi connectivity index (χ3v) is 7.13. The first kappa shape index (κ1) is 24.3. The van der Waals surface area contributed by atoms with E-state index in [2.05, 4.69) is 15.5 Å². The van der Waals surface area contributed by atoms with Crippen LogP contribution in [0, 0.1) is 22.6 Å². The summed E-state index contributed by atoms with van der Waals surface area (Å²) >= 11 is 0. The Kier molecular flexibility index (Phi) is 7.03. The second-order valence-electron chi connectivity index (χ2n) is 9.83. The SMILES string of the molecule is N#CCNC(=O)C(CC(F)(F)Cc1ccccc1F)NC(=O)N1CC2(CCN(C3CC3)CC2)C1. The number of benzene rings is 1. The fourth-order valence-corrected chi connectivity index (χ4v) is 5.02. The van der Waals surface area contributed by atoms with E-state index in [0.717, 1.165) is 38.0 Å². The number of nitrogens with zero attached hydrogens (tertiary/aromatic N) is 3. The molecule has 3 aliphatic rings. The van der Waals surface area contributed by atoms with E-state index < -0.39 is 42.6 Å². The third kappa shape index (κ3) is 5.81. The van der Waals surface area contributed by atoms with Gasteiger partial charge in [0.2, 0.25) is 5.91 Å². The number of amides is 3. The summed E-state index contributed by atoms with van der Waals surface area (Å²) in [5.41, 5.74) is -0.104. The fourth-order valence-electron chi connectivity index (χ4n) is 5.02. The highest BCUT2D eigenvalue weighted by Crippen LogP contribution is 2.42. The molecule has 4 rings (SSSR count). The number of rotatable bonds is 8. The summed E-state index contributed by atoms with van der Waals surface area (Å²) in [6.45, 7) is 2.74. The molecule has 34 heavy (non-hydrogen) atoms. The number of nitriles is 1. The molecule has 3 amide bonds. The highest BCUT2D eigenvalue weighted by molar-refractivity contribution is 5.87. The second-order valence-corrected chi connectivity index (χ2v) is 9.83. The van der Waals surface area contributed by atoms with Gasteiger partial charge in [-0.15, -0.1) is 0 Å². The van der Waals surface area contributed by atoms with E-state index in [9.17, 15) is 22.8 Å². The standard InChI is InChI=1S/C24H30F3N5O2/c25-19-4-2-1-3-17(19)13-24(26,27)14-20(21(33)29-10-9-28)30-22(34)32-15-23(16-32)7-11-31(12-8-23)18-5-6-18/h1-4,18,20H,5-8,10-16H2,(H,29,33)(H,30,34). The van der Waals surface area contributed by atoms with Crippen molar-refractivity contribution in [3.63, 3.8) is 0 Å². The number of alkyl halides is 2. The summed E-state index contributed by atoms with van der Waals surface area (Å²) in [7, 11) is 0. The van der Waals surface area contributed by atoms with Crippen LogP contribution in [-0.4, -0.2) is 72.5 Å². The van der Waals surface area contributed by atoms with E-state index in [4.69, 9.17) is 5.26 Å². The number of hydrogen-bond donors (Lipinski definition) is 2. The maximum atomic E-state index is 14.8. The Labute approximate surface area is 197 Å². The highest BCUT2D eigenvalue weighted by atomic mass is 19.3. The Hall–Kier alpha value is -2.80. The van der Waals surface area contributed by atoms with Gasteiger partial charge in [-0.1, -0.05) is 18.2 Å². The highest BCUT2D eigenvalue weighted by Gasteiger charge is 2.49. The van der Waals surface area contributed by atoms with E-state index in [1.165, 1.54) is 31.0 Å². The van der Waals surface area contributed by atoms with E-state index in [0.29, 0.717) is 13.1 Å². The molecule has 0 bridgehead atoms. The van der Waals surface area contributed by atoms with Gasteiger partial charge in [-0.05, 0) is 50.4 Å². The first-order valence-electron chi connectivity index (χ1n) is 11.8. The topological polar surface area (TPSA) is 88.5 Å². The largest absolute Gasteiger partial charge is 0.341 e. The molecule has 0 aromatic heterocycles. The zero-order valence-electron chi connectivity index (χ0n) is 19.0. The van der Waals surface area contributed by atoms with Crippen molar-refractivity contribution in [1.82, 2.24) is 20.4 Å². The number of likely N-dealkylation sites (tertiary alicyclic amines) is 2. The maximum Gasteiger partial charge on any atom is 0.318 e. The van der Waals surface area contributed by atoms with Crippen molar-refractivity contribution in [3.05, 3.63) is 35.6 Å². The molecule has 2 heterocycles. The Balaban J connectivity index is 1.34. The normalized spacial score (nSPS) is 20.8. The number of carbonyl (C=O) groups is 2. The van der Waals surface area contributed by atoms with Crippen molar-refractivity contribution in [2.24, 2.45) is 5.41 Å². The van der Waals surface area contributed by atoms with Crippen LogP contribution in [0.5, 0.6) is 0 Å². The van der Waals surface area contributed by atoms with Crippen LogP contribution in [0.3, 0.4) is 0 Å². The Morgan fingerprint density at radius 3 is 2.50 bits per heavy atom. The molecule has 1 aromatic rings. The molecule has 0 radical (unpaired) electrons. The van der Waals surface area contributed by atoms with Gasteiger partial charge in [0, 0.05) is 37.4 Å². The lowest BCUT2D eigenvalue weighted by molar-refractivity contribution is -0.125. The maximum absolute atomic E-state index is 14.8. The smallest absolute Gasteiger partial charge is 0.318 e. The van der Waals surface area contributed by atoms with Crippen molar-refractivity contribution in [2.75, 3.05) is 32.7 Å². The van der Waals surface area contributed by atoms with E-state index in [1.807, 2.05) is 0 Å². The first-order chi connectivity index (χ1) is 16.2. The average molecular weight is 478 g/mol. The van der Waals surface area contributed by atoms with E-state index >= 15 is 0 Å². The molecule has 1 aliphatic carbocycles. The fraction of sp³-hybridized carbons (Fsp3) is 0.625.